The Morgan fingerprint density at radius 1 is 1.42 bits per heavy atom. The van der Waals surface area contributed by atoms with Crippen molar-refractivity contribution >= 4 is 5.91 Å². The normalized spacial score (nSPS) is 13.2. The molecule has 0 radical (unpaired) electrons. The lowest BCUT2D eigenvalue weighted by molar-refractivity contribution is -0.142. The van der Waals surface area contributed by atoms with E-state index in [-0.39, 0.29) is 18.1 Å². The minimum absolute atomic E-state index is 0.0648. The van der Waals surface area contributed by atoms with Gasteiger partial charge in [0.25, 0.3) is 5.91 Å². The monoisotopic (exact) mass is 173 g/mol. The van der Waals surface area contributed by atoms with Gasteiger partial charge in [0.05, 0.1) is 0 Å². The first-order chi connectivity index (χ1) is 5.54. The van der Waals surface area contributed by atoms with Gasteiger partial charge >= 0.3 is 0 Å². The van der Waals surface area contributed by atoms with Crippen LogP contribution < -0.4 is 0 Å². The molecule has 0 aliphatic carbocycles. The van der Waals surface area contributed by atoms with Crippen LogP contribution in [0.4, 0.5) is 0 Å². The summed E-state index contributed by atoms with van der Waals surface area (Å²) in [6.45, 7) is 8.49. The Kier molecular flexibility index (Phi) is 4.90. The van der Waals surface area contributed by atoms with Crippen molar-refractivity contribution in [2.75, 3.05) is 13.7 Å². The van der Waals surface area contributed by atoms with E-state index in [0.717, 1.165) is 6.54 Å². The van der Waals surface area contributed by atoms with Gasteiger partial charge in [-0.2, -0.15) is 0 Å². The van der Waals surface area contributed by atoms with E-state index in [1.165, 1.54) is 0 Å². The predicted molar refractivity (Wildman–Crippen MR) is 49.0 cm³/mol. The first kappa shape index (κ1) is 11.4. The van der Waals surface area contributed by atoms with E-state index < -0.39 is 0 Å². The van der Waals surface area contributed by atoms with Gasteiger partial charge in [0.1, 0.15) is 6.10 Å². The molecule has 0 heterocycles. The zero-order chi connectivity index (χ0) is 9.72. The van der Waals surface area contributed by atoms with Crippen molar-refractivity contribution in [3.8, 4) is 0 Å². The number of hydrogen-bond acceptors (Lipinski definition) is 2. The van der Waals surface area contributed by atoms with Crippen LogP contribution in [0.5, 0.6) is 0 Å². The topological polar surface area (TPSA) is 29.5 Å². The molecular weight excluding hydrogens is 154 g/mol. The number of nitrogens with zero attached hydrogens (tertiary/aromatic N) is 1. The molecule has 72 valence electrons. The molecule has 3 heteroatoms. The molecule has 0 aromatic carbocycles. The lowest BCUT2D eigenvalue weighted by Crippen LogP contribution is -2.42. The Bertz CT molecular complexity index is 145. The zero-order valence-electron chi connectivity index (χ0n) is 8.63. The fraction of sp³-hybridized carbons (Fsp3) is 0.889. The summed E-state index contributed by atoms with van der Waals surface area (Å²) in [5.74, 6) is 0.0648. The number of carbonyl (C=O) groups excluding carboxylic acids is 1. The molecule has 1 amide bonds. The number of likely N-dealkylation sites (N-methyl/N-ethyl adjacent to an activating group) is 1. The van der Waals surface area contributed by atoms with Gasteiger partial charge in [-0.05, 0) is 27.7 Å². The van der Waals surface area contributed by atoms with Crippen molar-refractivity contribution in [3.63, 3.8) is 0 Å². The molecular formula is C9H19NO2. The molecule has 0 saturated heterocycles. The number of ether oxygens (including phenoxy) is 1. The van der Waals surface area contributed by atoms with Crippen molar-refractivity contribution in [2.24, 2.45) is 0 Å². The summed E-state index contributed by atoms with van der Waals surface area (Å²) in [5.41, 5.74) is 0. The van der Waals surface area contributed by atoms with E-state index in [0.29, 0.717) is 0 Å². The van der Waals surface area contributed by atoms with E-state index in [1.807, 2.05) is 20.8 Å². The minimum atomic E-state index is -0.327. The molecule has 0 aromatic rings. The van der Waals surface area contributed by atoms with Crippen LogP contribution in [0.2, 0.25) is 0 Å². The van der Waals surface area contributed by atoms with Crippen molar-refractivity contribution in [3.05, 3.63) is 0 Å². The van der Waals surface area contributed by atoms with E-state index >= 15 is 0 Å². The second-order valence-electron chi connectivity index (χ2n) is 3.10. The summed E-state index contributed by atoms with van der Waals surface area (Å²) >= 11 is 0. The third kappa shape index (κ3) is 2.81. The molecule has 3 nitrogen and oxygen atoms in total. The Balaban J connectivity index is 4.21. The molecule has 0 saturated carbocycles. The lowest BCUT2D eigenvalue weighted by atomic mass is 10.2. The van der Waals surface area contributed by atoms with Gasteiger partial charge in [-0.15, -0.1) is 0 Å². The van der Waals surface area contributed by atoms with Gasteiger partial charge in [0.15, 0.2) is 0 Å². The summed E-state index contributed by atoms with van der Waals surface area (Å²) in [6.07, 6.45) is -0.327. The van der Waals surface area contributed by atoms with Crippen LogP contribution >= 0.6 is 0 Å². The van der Waals surface area contributed by atoms with Crippen LogP contribution in [0.3, 0.4) is 0 Å². The highest BCUT2D eigenvalue weighted by Crippen LogP contribution is 2.02. The standard InChI is InChI=1S/C9H19NO2/c1-6-10(7(2)3)9(11)8(4)12-5/h7-8H,6H2,1-5H3. The van der Waals surface area contributed by atoms with Gasteiger partial charge < -0.3 is 9.64 Å². The smallest absolute Gasteiger partial charge is 0.251 e. The van der Waals surface area contributed by atoms with Crippen LogP contribution in [0.15, 0.2) is 0 Å². The average molecular weight is 173 g/mol. The average Bonchev–Trinajstić information content (AvgIpc) is 2.03. The quantitative estimate of drug-likeness (QED) is 0.641. The Morgan fingerprint density at radius 2 is 1.92 bits per heavy atom. The third-order valence-corrected chi connectivity index (χ3v) is 1.95. The summed E-state index contributed by atoms with van der Waals surface area (Å²) in [4.78, 5) is 13.3. The number of carbonyl (C=O) groups is 1. The Labute approximate surface area is 74.7 Å². The second kappa shape index (κ2) is 5.14. The largest absolute Gasteiger partial charge is 0.372 e. The predicted octanol–water partition coefficient (Wildman–Crippen LogP) is 1.28. The lowest BCUT2D eigenvalue weighted by Gasteiger charge is -2.27. The molecule has 0 spiro atoms. The fourth-order valence-corrected chi connectivity index (χ4v) is 1.11. The van der Waals surface area contributed by atoms with Crippen LogP contribution in [-0.2, 0) is 9.53 Å². The summed E-state index contributed by atoms with van der Waals surface area (Å²) in [6, 6.07) is 0.250. The minimum Gasteiger partial charge on any atom is -0.372 e. The Hall–Kier alpha value is -0.570. The maximum absolute atomic E-state index is 11.5. The van der Waals surface area contributed by atoms with Crippen LogP contribution in [0, 0.1) is 0 Å². The molecule has 1 unspecified atom stereocenters. The SMILES string of the molecule is CCN(C(=O)C(C)OC)C(C)C. The number of hydrogen-bond donors (Lipinski definition) is 0. The highest BCUT2D eigenvalue weighted by atomic mass is 16.5. The molecule has 12 heavy (non-hydrogen) atoms. The maximum Gasteiger partial charge on any atom is 0.251 e. The fourth-order valence-electron chi connectivity index (χ4n) is 1.11. The van der Waals surface area contributed by atoms with Gasteiger partial charge in [-0.3, -0.25) is 4.79 Å². The maximum atomic E-state index is 11.5. The highest BCUT2D eigenvalue weighted by molar-refractivity contribution is 5.80. The van der Waals surface area contributed by atoms with Gasteiger partial charge in [-0.25, -0.2) is 0 Å². The molecule has 1 atom stereocenters. The van der Waals surface area contributed by atoms with E-state index in [1.54, 1.807) is 18.9 Å². The zero-order valence-corrected chi connectivity index (χ0v) is 8.63. The van der Waals surface area contributed by atoms with Gasteiger partial charge in [-0.1, -0.05) is 0 Å². The van der Waals surface area contributed by atoms with E-state index in [9.17, 15) is 4.79 Å². The van der Waals surface area contributed by atoms with Crippen LogP contribution in [-0.4, -0.2) is 36.6 Å². The number of amides is 1. The highest BCUT2D eigenvalue weighted by Gasteiger charge is 2.20. The van der Waals surface area contributed by atoms with Crippen LogP contribution in [0.25, 0.3) is 0 Å². The van der Waals surface area contributed by atoms with Crippen LogP contribution in [0.1, 0.15) is 27.7 Å². The van der Waals surface area contributed by atoms with Crippen molar-refractivity contribution < 1.29 is 9.53 Å². The summed E-state index contributed by atoms with van der Waals surface area (Å²) in [7, 11) is 1.55. The first-order valence-corrected chi connectivity index (χ1v) is 4.37. The van der Waals surface area contributed by atoms with Crippen molar-refractivity contribution in [2.45, 2.75) is 39.8 Å². The third-order valence-electron chi connectivity index (χ3n) is 1.95. The first-order valence-electron chi connectivity index (χ1n) is 4.37. The Morgan fingerprint density at radius 3 is 2.17 bits per heavy atom. The van der Waals surface area contributed by atoms with Gasteiger partial charge in [0, 0.05) is 19.7 Å². The second-order valence-corrected chi connectivity index (χ2v) is 3.10. The molecule has 0 bridgehead atoms. The molecule has 0 aromatic heterocycles. The van der Waals surface area contributed by atoms with E-state index in [2.05, 4.69) is 0 Å². The van der Waals surface area contributed by atoms with Gasteiger partial charge in [0.2, 0.25) is 0 Å². The number of rotatable bonds is 4. The molecule has 0 rings (SSSR count). The molecule has 0 fully saturated rings. The van der Waals surface area contributed by atoms with E-state index in [4.69, 9.17) is 4.74 Å². The molecule has 0 aliphatic heterocycles. The summed E-state index contributed by atoms with van der Waals surface area (Å²) < 4.78 is 4.95. The molecule has 0 aliphatic rings. The van der Waals surface area contributed by atoms with Crippen molar-refractivity contribution in [1.29, 1.82) is 0 Å². The number of methoxy groups -OCH3 is 1. The summed E-state index contributed by atoms with van der Waals surface area (Å²) in [5, 5.41) is 0. The molecule has 0 N–H and O–H groups in total. The van der Waals surface area contributed by atoms with Crippen molar-refractivity contribution in [1.82, 2.24) is 4.90 Å².